The van der Waals surface area contributed by atoms with Crippen LogP contribution in [-0.2, 0) is 11.2 Å². The van der Waals surface area contributed by atoms with Gasteiger partial charge in [-0.05, 0) is 85.0 Å². The van der Waals surface area contributed by atoms with Gasteiger partial charge >= 0.3 is 0 Å². The van der Waals surface area contributed by atoms with Gasteiger partial charge in [-0.15, -0.1) is 5.10 Å². The van der Waals surface area contributed by atoms with E-state index >= 15 is 0 Å². The van der Waals surface area contributed by atoms with E-state index in [1.54, 1.807) is 0 Å². The fourth-order valence-electron chi connectivity index (χ4n) is 7.15. The monoisotopic (exact) mass is 516 g/mol. The van der Waals surface area contributed by atoms with E-state index < -0.39 is 37.1 Å². The fraction of sp³-hybridized carbons (Fsp3) is 0.654. The second kappa shape index (κ2) is 9.95. The van der Waals surface area contributed by atoms with Crippen LogP contribution >= 0.6 is 0 Å². The van der Waals surface area contributed by atoms with Crippen molar-refractivity contribution in [1.82, 2.24) is 14.8 Å². The van der Waals surface area contributed by atoms with Crippen molar-refractivity contribution in [3.63, 3.8) is 0 Å². The summed E-state index contributed by atoms with van der Waals surface area (Å²) in [5, 5.41) is 51.8. The number of phenols is 1. The molecule has 1 amide bonds. The highest BCUT2D eigenvalue weighted by Gasteiger charge is 2.54. The average Bonchev–Trinajstić information content (AvgIpc) is 3.56. The summed E-state index contributed by atoms with van der Waals surface area (Å²) in [4.78, 5) is 14.4. The van der Waals surface area contributed by atoms with Crippen LogP contribution < -0.4 is 5.73 Å². The number of carbonyl (C=O) groups is 1. The summed E-state index contributed by atoms with van der Waals surface area (Å²) in [6, 6.07) is 5.96. The molecule has 6 rings (SSSR count). The van der Waals surface area contributed by atoms with E-state index in [-0.39, 0.29) is 17.3 Å². The third-order valence-corrected chi connectivity index (χ3v) is 9.17. The Labute approximate surface area is 214 Å². The van der Waals surface area contributed by atoms with Gasteiger partial charge in [0.25, 0.3) is 5.91 Å². The highest BCUT2D eigenvalue weighted by atomic mass is 16.6. The van der Waals surface area contributed by atoms with Gasteiger partial charge in [-0.3, -0.25) is 4.79 Å². The quantitative estimate of drug-likeness (QED) is 0.340. The van der Waals surface area contributed by atoms with Gasteiger partial charge in [0.2, 0.25) is 5.82 Å². The van der Waals surface area contributed by atoms with E-state index in [1.807, 2.05) is 12.1 Å². The number of fused-ring (bicyclic) bond motifs is 5. The van der Waals surface area contributed by atoms with Crippen molar-refractivity contribution in [3.05, 3.63) is 41.5 Å². The van der Waals surface area contributed by atoms with Gasteiger partial charge in [-0.25, -0.2) is 9.67 Å². The summed E-state index contributed by atoms with van der Waals surface area (Å²) in [5.41, 5.74) is 7.96. The number of primary amides is 1. The molecular weight excluding hydrogens is 480 g/mol. The summed E-state index contributed by atoms with van der Waals surface area (Å²) in [7, 11) is 0. The van der Waals surface area contributed by atoms with Crippen molar-refractivity contribution >= 4 is 5.91 Å². The van der Waals surface area contributed by atoms with E-state index in [4.69, 9.17) is 15.6 Å². The molecule has 202 valence electrons. The van der Waals surface area contributed by atoms with Gasteiger partial charge in [-0.2, -0.15) is 0 Å². The third kappa shape index (κ3) is 4.52. The number of amides is 1. The summed E-state index contributed by atoms with van der Waals surface area (Å²) >= 11 is 0. The maximum atomic E-state index is 10.8. The number of carbonyl (C=O) groups excluding carboxylic acids is 1. The van der Waals surface area contributed by atoms with Crippen LogP contribution in [0.1, 0.15) is 72.9 Å². The molecule has 7 N–H and O–H groups in total. The molecule has 4 aliphatic rings. The minimum atomic E-state index is -1.27. The molecule has 3 fully saturated rings. The summed E-state index contributed by atoms with van der Waals surface area (Å²) in [6.07, 6.45) is 3.52. The number of aliphatic hydroxyl groups excluding tert-OH is 4. The van der Waals surface area contributed by atoms with Gasteiger partial charge in [0.05, 0.1) is 12.7 Å². The number of aliphatic hydroxyl groups is 4. The van der Waals surface area contributed by atoms with Crippen molar-refractivity contribution < 1.29 is 35.1 Å². The zero-order valence-corrected chi connectivity index (χ0v) is 20.8. The normalized spacial score (nSPS) is 38.2. The van der Waals surface area contributed by atoms with Crippen molar-refractivity contribution in [2.75, 3.05) is 6.61 Å². The highest BCUT2D eigenvalue weighted by molar-refractivity contribution is 5.88. The van der Waals surface area contributed by atoms with Gasteiger partial charge in [-0.1, -0.05) is 13.0 Å². The fourth-order valence-corrected chi connectivity index (χ4v) is 7.15. The molecule has 9 atom stereocenters. The SMILES string of the molecule is C[C@]12CC[C@@H]3c4ccc(O)cc4CC[C@H]3[C@@H]1CC[C@@H]2O.NC(=O)c1ncn([C@@H]2O[C@H](CO)[C@@H](O)[C@H]2O)n1. The molecule has 37 heavy (non-hydrogen) atoms. The highest BCUT2D eigenvalue weighted by Crippen LogP contribution is 2.60. The van der Waals surface area contributed by atoms with E-state index in [1.165, 1.54) is 30.4 Å². The lowest BCUT2D eigenvalue weighted by Crippen LogP contribution is -2.43. The van der Waals surface area contributed by atoms with E-state index in [2.05, 4.69) is 23.1 Å². The van der Waals surface area contributed by atoms with Gasteiger partial charge in [0, 0.05) is 0 Å². The van der Waals surface area contributed by atoms with Crippen molar-refractivity contribution in [2.24, 2.45) is 23.0 Å². The number of nitrogens with two attached hydrogens (primary N) is 1. The Hall–Kier alpha value is -2.57. The largest absolute Gasteiger partial charge is 0.508 e. The molecular formula is C26H36N4O7. The second-order valence-corrected chi connectivity index (χ2v) is 11.1. The number of aromatic hydroxyl groups is 1. The van der Waals surface area contributed by atoms with E-state index in [0.717, 1.165) is 36.2 Å². The Morgan fingerprint density at radius 2 is 1.97 bits per heavy atom. The van der Waals surface area contributed by atoms with E-state index in [9.17, 15) is 25.2 Å². The van der Waals surface area contributed by atoms with Crippen LogP contribution in [0, 0.1) is 17.3 Å². The molecule has 0 radical (unpaired) electrons. The molecule has 2 saturated carbocycles. The molecule has 1 aromatic carbocycles. The molecule has 1 saturated heterocycles. The number of rotatable bonds is 3. The number of phenolic OH excluding ortho intramolecular Hbond substituents is 1. The Kier molecular flexibility index (Phi) is 7.01. The van der Waals surface area contributed by atoms with Crippen LogP contribution in [0.25, 0.3) is 0 Å². The Morgan fingerprint density at radius 3 is 2.65 bits per heavy atom. The summed E-state index contributed by atoms with van der Waals surface area (Å²) < 4.78 is 6.25. The summed E-state index contributed by atoms with van der Waals surface area (Å²) in [6.45, 7) is 1.88. The third-order valence-electron chi connectivity index (χ3n) is 9.17. The number of hydrogen-bond donors (Lipinski definition) is 6. The minimum Gasteiger partial charge on any atom is -0.508 e. The Balaban J connectivity index is 0.000000154. The molecule has 0 unspecified atom stereocenters. The molecule has 0 spiro atoms. The molecule has 2 heterocycles. The lowest BCUT2D eigenvalue weighted by atomic mass is 9.55. The van der Waals surface area contributed by atoms with E-state index in [0.29, 0.717) is 17.6 Å². The predicted molar refractivity (Wildman–Crippen MR) is 130 cm³/mol. The standard InChI is InChI=1S/C18H24O2.C8H12N4O5/c1-18-9-8-14-13-5-3-12(19)10-11(13)2-4-15(14)16(18)6-7-17(18)20;9-6(16)7-10-2-12(11-7)8-5(15)4(14)3(1-13)17-8/h3,5,10,14-17,19-20H,2,4,6-9H2,1H3;2-5,8,13-15H,1H2,(H2,9,16)/t14-,15-,16+,17+,18+;3-,4-,5-,8-/m11/s1. The molecule has 1 aromatic heterocycles. The smallest absolute Gasteiger partial charge is 0.288 e. The first-order valence-electron chi connectivity index (χ1n) is 13.0. The minimum absolute atomic E-state index is 0.0883. The second-order valence-electron chi connectivity index (χ2n) is 11.1. The number of aromatic nitrogens is 3. The summed E-state index contributed by atoms with van der Waals surface area (Å²) in [5.74, 6) is 1.46. The predicted octanol–water partition coefficient (Wildman–Crippen LogP) is 0.598. The molecule has 3 aliphatic carbocycles. The van der Waals surface area contributed by atoms with Crippen LogP contribution in [0.15, 0.2) is 24.5 Å². The van der Waals surface area contributed by atoms with Gasteiger partial charge in [0.1, 0.15) is 30.4 Å². The topological polar surface area (TPSA) is 184 Å². The maximum Gasteiger partial charge on any atom is 0.288 e. The number of nitrogens with zero attached hydrogens (tertiary/aromatic N) is 3. The average molecular weight is 517 g/mol. The Morgan fingerprint density at radius 1 is 1.19 bits per heavy atom. The number of ether oxygens (including phenoxy) is 1. The van der Waals surface area contributed by atoms with Crippen LogP contribution in [0.5, 0.6) is 5.75 Å². The van der Waals surface area contributed by atoms with Crippen molar-refractivity contribution in [3.8, 4) is 5.75 Å². The molecule has 11 heteroatoms. The zero-order chi connectivity index (χ0) is 26.5. The first-order chi connectivity index (χ1) is 17.6. The number of hydrogen-bond acceptors (Lipinski definition) is 9. The molecule has 1 aliphatic heterocycles. The molecule has 0 bridgehead atoms. The number of benzene rings is 1. The van der Waals surface area contributed by atoms with Crippen LogP contribution in [0.2, 0.25) is 0 Å². The van der Waals surface area contributed by atoms with Gasteiger partial charge in [0.15, 0.2) is 6.23 Å². The Bertz CT molecular complexity index is 1140. The van der Waals surface area contributed by atoms with Crippen LogP contribution in [0.3, 0.4) is 0 Å². The lowest BCUT2D eigenvalue weighted by Gasteiger charge is -2.50. The van der Waals surface area contributed by atoms with Crippen molar-refractivity contribution in [2.45, 2.75) is 82.0 Å². The maximum absolute atomic E-state index is 10.8. The lowest BCUT2D eigenvalue weighted by molar-refractivity contribution is -0.0588. The first kappa shape index (κ1) is 26.1. The van der Waals surface area contributed by atoms with Crippen LogP contribution in [0.4, 0.5) is 0 Å². The van der Waals surface area contributed by atoms with Gasteiger partial charge < -0.3 is 36.0 Å². The zero-order valence-electron chi connectivity index (χ0n) is 20.8. The first-order valence-corrected chi connectivity index (χ1v) is 13.0. The van der Waals surface area contributed by atoms with Crippen LogP contribution in [-0.4, -0.2) is 77.2 Å². The van der Waals surface area contributed by atoms with Crippen molar-refractivity contribution in [1.29, 1.82) is 0 Å². The number of aryl methyl sites for hydroxylation is 1. The molecule has 11 nitrogen and oxygen atoms in total. The molecule has 2 aromatic rings.